The molecule has 0 saturated heterocycles. The topological polar surface area (TPSA) is 12.5 Å². The average Bonchev–Trinajstić information content (AvgIpc) is 2.16. The molecule has 0 aromatic carbocycles. The van der Waals surface area contributed by atoms with E-state index in [2.05, 4.69) is 18.4 Å². The second-order valence-corrected chi connectivity index (χ2v) is 3.22. The lowest BCUT2D eigenvalue weighted by molar-refractivity contribution is 0.118. The molecular formula is C10H20ClNO. The summed E-state index contributed by atoms with van der Waals surface area (Å²) in [6.07, 6.45) is 0. The Morgan fingerprint density at radius 3 is 2.62 bits per heavy atom. The predicted molar refractivity (Wildman–Crippen MR) is 58.5 cm³/mol. The molecule has 0 aliphatic carbocycles. The largest absolute Gasteiger partial charge is 0.380 e. The lowest BCUT2D eigenvalue weighted by atomic mass is 10.3. The van der Waals surface area contributed by atoms with Gasteiger partial charge in [-0.2, -0.15) is 0 Å². The van der Waals surface area contributed by atoms with Gasteiger partial charge in [0.2, 0.25) is 0 Å². The first-order valence-electron chi connectivity index (χ1n) is 4.77. The van der Waals surface area contributed by atoms with E-state index in [9.17, 15) is 0 Å². The average molecular weight is 206 g/mol. The maximum absolute atomic E-state index is 5.66. The molecule has 0 atom stereocenters. The Hall–Kier alpha value is -0.0500. The van der Waals surface area contributed by atoms with Crippen LogP contribution in [0.2, 0.25) is 0 Å². The highest BCUT2D eigenvalue weighted by atomic mass is 35.5. The van der Waals surface area contributed by atoms with Crippen LogP contribution < -0.4 is 0 Å². The summed E-state index contributed by atoms with van der Waals surface area (Å²) in [5.41, 5.74) is 1.07. The molecule has 0 radical (unpaired) electrons. The summed E-state index contributed by atoms with van der Waals surface area (Å²) in [6, 6.07) is 0. The van der Waals surface area contributed by atoms with Gasteiger partial charge in [-0.15, -0.1) is 11.6 Å². The molecule has 3 heteroatoms. The molecule has 0 aliphatic heterocycles. The van der Waals surface area contributed by atoms with Crippen molar-refractivity contribution in [3.63, 3.8) is 0 Å². The molecule has 0 heterocycles. The van der Waals surface area contributed by atoms with Crippen LogP contribution in [-0.2, 0) is 4.74 Å². The number of likely N-dealkylation sites (N-methyl/N-ethyl adjacent to an activating group) is 1. The number of hydrogen-bond donors (Lipinski definition) is 0. The zero-order chi connectivity index (χ0) is 10.1. The molecule has 0 unspecified atom stereocenters. The van der Waals surface area contributed by atoms with Gasteiger partial charge in [0.1, 0.15) is 0 Å². The van der Waals surface area contributed by atoms with Crippen molar-refractivity contribution in [3.8, 4) is 0 Å². The normalized spacial score (nSPS) is 10.8. The summed E-state index contributed by atoms with van der Waals surface area (Å²) in [7, 11) is 0. The Balaban J connectivity index is 3.56. The monoisotopic (exact) mass is 205 g/mol. The Bertz CT molecular complexity index is 139. The van der Waals surface area contributed by atoms with E-state index in [4.69, 9.17) is 16.3 Å². The van der Waals surface area contributed by atoms with Gasteiger partial charge in [-0.3, -0.25) is 4.90 Å². The first kappa shape index (κ1) is 12.9. The molecule has 0 aliphatic rings. The quantitative estimate of drug-likeness (QED) is 0.342. The summed E-state index contributed by atoms with van der Waals surface area (Å²) >= 11 is 5.66. The van der Waals surface area contributed by atoms with Crippen LogP contribution in [0, 0.1) is 0 Å². The van der Waals surface area contributed by atoms with E-state index in [1.807, 2.05) is 6.92 Å². The van der Waals surface area contributed by atoms with Gasteiger partial charge in [0, 0.05) is 25.6 Å². The standard InChI is InChI=1S/C10H20ClNO/c1-4-12(6-7-13-5-2)9-10(3)8-11/h3-9H2,1-2H3. The third-order valence-corrected chi connectivity index (χ3v) is 2.22. The first-order valence-corrected chi connectivity index (χ1v) is 5.30. The molecule has 0 N–H and O–H groups in total. The van der Waals surface area contributed by atoms with Crippen LogP contribution in [-0.4, -0.2) is 43.6 Å². The highest BCUT2D eigenvalue weighted by Gasteiger charge is 2.02. The molecule has 0 bridgehead atoms. The summed E-state index contributed by atoms with van der Waals surface area (Å²) < 4.78 is 5.28. The van der Waals surface area contributed by atoms with Crippen LogP contribution in [0.15, 0.2) is 12.2 Å². The summed E-state index contributed by atoms with van der Waals surface area (Å²) in [5, 5.41) is 0. The zero-order valence-corrected chi connectivity index (χ0v) is 9.44. The fourth-order valence-corrected chi connectivity index (χ4v) is 1.13. The highest BCUT2D eigenvalue weighted by molar-refractivity contribution is 6.19. The van der Waals surface area contributed by atoms with Crippen LogP contribution in [0.5, 0.6) is 0 Å². The molecule has 2 nitrogen and oxygen atoms in total. The summed E-state index contributed by atoms with van der Waals surface area (Å²) in [4.78, 5) is 2.28. The van der Waals surface area contributed by atoms with Crippen molar-refractivity contribution in [2.75, 3.05) is 38.7 Å². The minimum Gasteiger partial charge on any atom is -0.380 e. The smallest absolute Gasteiger partial charge is 0.0593 e. The molecular weight excluding hydrogens is 186 g/mol. The summed E-state index contributed by atoms with van der Waals surface area (Å²) in [5.74, 6) is 0.547. The molecule has 0 fully saturated rings. The number of rotatable bonds is 8. The lowest BCUT2D eigenvalue weighted by Crippen LogP contribution is -2.29. The number of hydrogen-bond acceptors (Lipinski definition) is 2. The molecule has 78 valence electrons. The van der Waals surface area contributed by atoms with E-state index in [1.54, 1.807) is 0 Å². The molecule has 0 amide bonds. The Morgan fingerprint density at radius 2 is 2.15 bits per heavy atom. The minimum absolute atomic E-state index is 0.547. The van der Waals surface area contributed by atoms with Crippen molar-refractivity contribution < 1.29 is 4.74 Å². The van der Waals surface area contributed by atoms with Crippen LogP contribution >= 0.6 is 11.6 Å². The Morgan fingerprint density at radius 1 is 1.46 bits per heavy atom. The van der Waals surface area contributed by atoms with Crippen molar-refractivity contribution in [2.45, 2.75) is 13.8 Å². The van der Waals surface area contributed by atoms with E-state index in [0.29, 0.717) is 5.88 Å². The van der Waals surface area contributed by atoms with Gasteiger partial charge in [0.05, 0.1) is 6.61 Å². The van der Waals surface area contributed by atoms with Crippen LogP contribution in [0.3, 0.4) is 0 Å². The van der Waals surface area contributed by atoms with Crippen molar-refractivity contribution in [3.05, 3.63) is 12.2 Å². The fraction of sp³-hybridized carbons (Fsp3) is 0.800. The van der Waals surface area contributed by atoms with E-state index in [0.717, 1.165) is 38.4 Å². The molecule has 0 spiro atoms. The van der Waals surface area contributed by atoms with Gasteiger partial charge < -0.3 is 4.74 Å². The third-order valence-electron chi connectivity index (χ3n) is 1.84. The van der Waals surface area contributed by atoms with Crippen molar-refractivity contribution in [1.29, 1.82) is 0 Å². The van der Waals surface area contributed by atoms with Gasteiger partial charge in [0.25, 0.3) is 0 Å². The van der Waals surface area contributed by atoms with Crippen LogP contribution in [0.4, 0.5) is 0 Å². The van der Waals surface area contributed by atoms with Gasteiger partial charge in [0.15, 0.2) is 0 Å². The van der Waals surface area contributed by atoms with Crippen LogP contribution in [0.1, 0.15) is 13.8 Å². The van der Waals surface area contributed by atoms with E-state index >= 15 is 0 Å². The maximum atomic E-state index is 5.66. The third kappa shape index (κ3) is 7.05. The lowest BCUT2D eigenvalue weighted by Gasteiger charge is -2.20. The van der Waals surface area contributed by atoms with Gasteiger partial charge in [-0.1, -0.05) is 13.5 Å². The second-order valence-electron chi connectivity index (χ2n) is 2.95. The fourth-order valence-electron chi connectivity index (χ4n) is 1.05. The Labute approximate surface area is 86.5 Å². The first-order chi connectivity index (χ1) is 6.24. The van der Waals surface area contributed by atoms with Gasteiger partial charge >= 0.3 is 0 Å². The molecule has 0 saturated carbocycles. The number of nitrogens with zero attached hydrogens (tertiary/aromatic N) is 1. The summed E-state index contributed by atoms with van der Waals surface area (Å²) in [6.45, 7) is 12.4. The van der Waals surface area contributed by atoms with Crippen molar-refractivity contribution >= 4 is 11.6 Å². The molecule has 0 rings (SSSR count). The highest BCUT2D eigenvalue weighted by Crippen LogP contribution is 1.98. The predicted octanol–water partition coefficient (Wildman–Crippen LogP) is 2.14. The molecule has 0 aromatic rings. The SMILES string of the molecule is C=C(CCl)CN(CC)CCOCC. The number of ether oxygens (including phenoxy) is 1. The minimum atomic E-state index is 0.547. The van der Waals surface area contributed by atoms with E-state index in [1.165, 1.54) is 0 Å². The second kappa shape index (κ2) is 8.54. The van der Waals surface area contributed by atoms with E-state index in [-0.39, 0.29) is 0 Å². The zero-order valence-electron chi connectivity index (χ0n) is 8.68. The van der Waals surface area contributed by atoms with Crippen molar-refractivity contribution in [1.82, 2.24) is 4.90 Å². The van der Waals surface area contributed by atoms with Crippen LogP contribution in [0.25, 0.3) is 0 Å². The van der Waals surface area contributed by atoms with E-state index < -0.39 is 0 Å². The maximum Gasteiger partial charge on any atom is 0.0593 e. The molecule has 13 heavy (non-hydrogen) atoms. The molecule has 0 aromatic heterocycles. The number of alkyl halides is 1. The van der Waals surface area contributed by atoms with Gasteiger partial charge in [-0.25, -0.2) is 0 Å². The van der Waals surface area contributed by atoms with Gasteiger partial charge in [-0.05, 0) is 19.0 Å². The number of halogens is 1. The van der Waals surface area contributed by atoms with Crippen molar-refractivity contribution in [2.24, 2.45) is 0 Å². The Kier molecular flexibility index (Phi) is 8.51.